The Kier molecular flexibility index (Phi) is 11.6. The second kappa shape index (κ2) is 11.1. The molecule has 0 aliphatic heterocycles. The monoisotopic (exact) mass is 255 g/mol. The van der Waals surface area contributed by atoms with Crippen LogP contribution in [-0.2, 0) is 0 Å². The van der Waals surface area contributed by atoms with E-state index in [1.54, 1.807) is 12.1 Å². The molecule has 0 saturated carbocycles. The summed E-state index contributed by atoms with van der Waals surface area (Å²) in [5, 5.41) is 0. The van der Waals surface area contributed by atoms with Crippen LogP contribution in [0.5, 0.6) is 0 Å². The third-order valence-electron chi connectivity index (χ3n) is 2.87. The normalized spacial score (nSPS) is 11.6. The van der Waals surface area contributed by atoms with E-state index in [9.17, 15) is 0 Å². The van der Waals surface area contributed by atoms with Gasteiger partial charge in [-0.2, -0.15) is 0 Å². The van der Waals surface area contributed by atoms with Gasteiger partial charge in [-0.25, -0.2) is 0 Å². The Balaban J connectivity index is 3.84. The maximum atomic E-state index is 4.11. The molecule has 0 bridgehead atoms. The highest BCUT2D eigenvalue weighted by molar-refractivity contribution is 7.41. The van der Waals surface area contributed by atoms with Crippen molar-refractivity contribution in [2.24, 2.45) is 0 Å². The summed E-state index contributed by atoms with van der Waals surface area (Å²) < 4.78 is 0. The molecule has 0 heterocycles. The molecule has 0 atom stereocenters. The molecule has 0 aliphatic rings. The first kappa shape index (κ1) is 15.7. The first-order chi connectivity index (χ1) is 7.26. The molecule has 0 spiro atoms. The van der Waals surface area contributed by atoms with Gasteiger partial charge in [0, 0.05) is 25.9 Å². The van der Waals surface area contributed by atoms with Crippen LogP contribution in [0.4, 0.5) is 0 Å². The van der Waals surface area contributed by atoms with Crippen molar-refractivity contribution in [3.8, 4) is 0 Å². The molecule has 3 heteroatoms. The van der Waals surface area contributed by atoms with Gasteiger partial charge in [0.25, 0.3) is 0 Å². The van der Waals surface area contributed by atoms with Gasteiger partial charge in [-0.05, 0) is 0 Å². The topological polar surface area (TPSA) is 0 Å². The average Bonchev–Trinajstić information content (AvgIpc) is 2.26. The highest BCUT2D eigenvalue weighted by Crippen LogP contribution is 2.14. The molecular formula is C12H27Si3. The van der Waals surface area contributed by atoms with Gasteiger partial charge in [-0.15, -0.1) is 0 Å². The van der Waals surface area contributed by atoms with Crippen molar-refractivity contribution in [3.05, 3.63) is 0 Å². The predicted molar refractivity (Wildman–Crippen MR) is 76.4 cm³/mol. The van der Waals surface area contributed by atoms with Crippen LogP contribution >= 0.6 is 0 Å². The molecule has 0 rings (SSSR count). The maximum absolute atomic E-state index is 4.11. The van der Waals surface area contributed by atoms with E-state index in [1.807, 2.05) is 0 Å². The van der Waals surface area contributed by atoms with Crippen LogP contribution in [0.3, 0.4) is 0 Å². The molecule has 15 heavy (non-hydrogen) atoms. The summed E-state index contributed by atoms with van der Waals surface area (Å²) in [6.07, 6.45) is 8.54. The fraction of sp³-hybridized carbons (Fsp3) is 1.00. The number of rotatable bonds is 10. The molecular weight excluding hydrogens is 228 g/mol. The Morgan fingerprint density at radius 3 is 1.53 bits per heavy atom. The van der Waals surface area contributed by atoms with Crippen molar-refractivity contribution in [2.75, 3.05) is 0 Å². The molecule has 87 valence electrons. The van der Waals surface area contributed by atoms with Gasteiger partial charge in [-0.1, -0.05) is 77.4 Å². The minimum absolute atomic E-state index is 0.00459. The summed E-state index contributed by atoms with van der Waals surface area (Å²) in [5.41, 5.74) is 0. The average molecular weight is 256 g/mol. The van der Waals surface area contributed by atoms with E-state index < -0.39 is 0 Å². The van der Waals surface area contributed by atoms with Crippen LogP contribution in [0.25, 0.3) is 0 Å². The highest BCUT2D eigenvalue weighted by Gasteiger charge is 2.18. The largest absolute Gasteiger partial charge is 0.0654 e. The third kappa shape index (κ3) is 8.46. The SMILES string of the molecule is CCCC[Si]([Si])[Si](CCCC)CCCC. The van der Waals surface area contributed by atoms with Gasteiger partial charge < -0.3 is 0 Å². The fourth-order valence-electron chi connectivity index (χ4n) is 1.74. The summed E-state index contributed by atoms with van der Waals surface area (Å²) in [7, 11) is 3.97. The van der Waals surface area contributed by atoms with E-state index in [0.29, 0.717) is 0 Å². The van der Waals surface area contributed by atoms with Crippen molar-refractivity contribution >= 4 is 25.9 Å². The zero-order valence-corrected chi connectivity index (χ0v) is 13.9. The van der Waals surface area contributed by atoms with E-state index in [-0.39, 0.29) is 16.1 Å². The van der Waals surface area contributed by atoms with Crippen LogP contribution in [0.2, 0.25) is 18.1 Å². The zero-order valence-electron chi connectivity index (χ0n) is 10.9. The lowest BCUT2D eigenvalue weighted by atomic mass is 10.4. The van der Waals surface area contributed by atoms with Crippen molar-refractivity contribution in [3.63, 3.8) is 0 Å². The fourth-order valence-corrected chi connectivity index (χ4v) is 12.5. The Hall–Kier alpha value is 0.651. The Labute approximate surface area is 103 Å². The smallest absolute Gasteiger partial charge is 0.0339 e. The summed E-state index contributed by atoms with van der Waals surface area (Å²) in [4.78, 5) is 0. The minimum atomic E-state index is -0.128. The first-order valence-electron chi connectivity index (χ1n) is 6.68. The van der Waals surface area contributed by atoms with Crippen molar-refractivity contribution in [2.45, 2.75) is 77.4 Å². The van der Waals surface area contributed by atoms with Crippen LogP contribution in [0.15, 0.2) is 0 Å². The molecule has 5 radical (unpaired) electrons. The highest BCUT2D eigenvalue weighted by atomic mass is 29.6. The van der Waals surface area contributed by atoms with Crippen LogP contribution < -0.4 is 0 Å². The van der Waals surface area contributed by atoms with E-state index in [1.165, 1.54) is 44.6 Å². The molecule has 0 saturated heterocycles. The van der Waals surface area contributed by atoms with E-state index in [4.69, 9.17) is 0 Å². The predicted octanol–water partition coefficient (Wildman–Crippen LogP) is 4.12. The first-order valence-corrected chi connectivity index (χ1v) is 12.8. The number of hydrogen-bond acceptors (Lipinski definition) is 0. The molecule has 0 aromatic rings. The molecule has 0 unspecified atom stereocenters. The zero-order chi connectivity index (χ0) is 11.5. The van der Waals surface area contributed by atoms with E-state index >= 15 is 0 Å². The third-order valence-corrected chi connectivity index (χ3v) is 15.2. The quantitative estimate of drug-likeness (QED) is 0.515. The van der Waals surface area contributed by atoms with E-state index in [2.05, 4.69) is 30.5 Å². The lowest BCUT2D eigenvalue weighted by Crippen LogP contribution is -2.36. The van der Waals surface area contributed by atoms with E-state index in [0.717, 1.165) is 0 Å². The molecule has 0 nitrogen and oxygen atoms in total. The molecule has 0 aliphatic carbocycles. The summed E-state index contributed by atoms with van der Waals surface area (Å²) in [6, 6.07) is 4.66. The molecule has 0 amide bonds. The molecule has 0 aromatic carbocycles. The van der Waals surface area contributed by atoms with Gasteiger partial charge in [0.1, 0.15) is 0 Å². The lowest BCUT2D eigenvalue weighted by molar-refractivity contribution is 0.845. The molecule has 0 aromatic heterocycles. The Morgan fingerprint density at radius 1 is 0.733 bits per heavy atom. The van der Waals surface area contributed by atoms with Gasteiger partial charge in [0.05, 0.1) is 0 Å². The van der Waals surface area contributed by atoms with Crippen LogP contribution in [0.1, 0.15) is 59.3 Å². The minimum Gasteiger partial charge on any atom is -0.0654 e. The maximum Gasteiger partial charge on any atom is 0.0339 e. The summed E-state index contributed by atoms with van der Waals surface area (Å²) in [6.45, 7) is 6.96. The number of unbranched alkanes of at least 4 members (excludes halogenated alkanes) is 3. The van der Waals surface area contributed by atoms with Gasteiger partial charge in [0.15, 0.2) is 0 Å². The van der Waals surface area contributed by atoms with Gasteiger partial charge >= 0.3 is 0 Å². The van der Waals surface area contributed by atoms with Crippen molar-refractivity contribution in [1.82, 2.24) is 0 Å². The van der Waals surface area contributed by atoms with Gasteiger partial charge in [0.2, 0.25) is 0 Å². The van der Waals surface area contributed by atoms with Crippen LogP contribution in [-0.4, -0.2) is 25.9 Å². The summed E-state index contributed by atoms with van der Waals surface area (Å²) >= 11 is 0. The second-order valence-electron chi connectivity index (χ2n) is 4.39. The van der Waals surface area contributed by atoms with Crippen molar-refractivity contribution < 1.29 is 0 Å². The Bertz CT molecular complexity index is 120. The number of hydrogen-bond donors (Lipinski definition) is 0. The molecule has 0 fully saturated rings. The lowest BCUT2D eigenvalue weighted by Gasteiger charge is -2.20. The summed E-state index contributed by atoms with van der Waals surface area (Å²) in [5.74, 6) is 0. The van der Waals surface area contributed by atoms with Crippen molar-refractivity contribution in [1.29, 1.82) is 0 Å². The Morgan fingerprint density at radius 2 is 1.13 bits per heavy atom. The second-order valence-corrected chi connectivity index (χ2v) is 15.3. The standard InChI is InChI=1S/C12H27Si3/c1-4-7-10-14(11-8-5-2)15(13)12-9-6-3/h4-12H2,1-3H3. The van der Waals surface area contributed by atoms with Crippen LogP contribution in [0, 0.1) is 0 Å². The molecule has 0 N–H and O–H groups in total. The van der Waals surface area contributed by atoms with Gasteiger partial charge in [-0.3, -0.25) is 0 Å².